The number of halogens is 2. The van der Waals surface area contributed by atoms with Gasteiger partial charge in [-0.15, -0.1) is 0 Å². The minimum absolute atomic E-state index is 0.0619. The standard InChI is InChI=1S/C17H16Br2N4O2.C14H19N3O/c1-23-13-5-3-2-4-12(13)22-15(23)17(21,16(24)25)8-9-6-10(18)14(20)11(19)7-9;18-14-16-13-4-2-1-3-11(13)7-10-17(14)12-5-8-15-9-6-12/h2-7H,8,20-21H2,1H3,(H,24,25);1-4,12,15H,5-10H2,(H,16,18)/t17-;/m1./s1. The Morgan fingerprint density at radius 3 is 2.42 bits per heavy atom. The Kier molecular flexibility index (Phi) is 9.40. The number of nitrogens with two attached hydrogens (primary N) is 2. The third kappa shape index (κ3) is 6.57. The molecule has 2 aliphatic heterocycles. The van der Waals surface area contributed by atoms with Gasteiger partial charge in [-0.1, -0.05) is 30.3 Å². The summed E-state index contributed by atoms with van der Waals surface area (Å²) in [6.45, 7) is 2.86. The Labute approximate surface area is 267 Å². The molecular weight excluding hydrogens is 678 g/mol. The number of nitrogens with one attached hydrogen (secondary N) is 2. The summed E-state index contributed by atoms with van der Waals surface area (Å²) in [4.78, 5) is 30.8. The smallest absolute Gasteiger partial charge is 0.331 e. The number of nitrogen functional groups attached to an aromatic ring is 1. The predicted octanol–water partition coefficient (Wildman–Crippen LogP) is 4.99. The Morgan fingerprint density at radius 2 is 1.74 bits per heavy atom. The van der Waals surface area contributed by atoms with Crippen LogP contribution in [-0.2, 0) is 30.2 Å². The van der Waals surface area contributed by atoms with Crippen molar-refractivity contribution in [2.24, 2.45) is 12.8 Å². The highest BCUT2D eigenvalue weighted by molar-refractivity contribution is 9.11. The first-order valence-corrected chi connectivity index (χ1v) is 15.7. The van der Waals surface area contributed by atoms with E-state index in [0.717, 1.165) is 55.7 Å². The lowest BCUT2D eigenvalue weighted by atomic mass is 9.90. The van der Waals surface area contributed by atoms with Gasteiger partial charge in [0, 0.05) is 40.7 Å². The molecule has 2 aliphatic rings. The van der Waals surface area contributed by atoms with Crippen molar-refractivity contribution < 1.29 is 14.7 Å². The normalized spacial score (nSPS) is 16.8. The Bertz CT molecular complexity index is 1630. The number of hydrogen-bond acceptors (Lipinski definition) is 6. The number of aromatic nitrogens is 2. The molecule has 7 N–H and O–H groups in total. The number of carboxylic acids is 1. The van der Waals surface area contributed by atoms with Gasteiger partial charge < -0.3 is 36.7 Å². The van der Waals surface area contributed by atoms with E-state index in [2.05, 4.69) is 53.5 Å². The molecule has 0 spiro atoms. The number of nitrogens with zero attached hydrogens (tertiary/aromatic N) is 3. The Morgan fingerprint density at radius 1 is 1.09 bits per heavy atom. The molecule has 0 saturated carbocycles. The highest BCUT2D eigenvalue weighted by Crippen LogP contribution is 2.33. The van der Waals surface area contributed by atoms with Crippen LogP contribution in [0, 0.1) is 0 Å². The summed E-state index contributed by atoms with van der Waals surface area (Å²) in [7, 11) is 1.77. The number of benzene rings is 3. The summed E-state index contributed by atoms with van der Waals surface area (Å²) in [6.07, 6.45) is 3.13. The van der Waals surface area contributed by atoms with E-state index < -0.39 is 11.5 Å². The summed E-state index contributed by atoms with van der Waals surface area (Å²) in [5.41, 5.74) is 15.6. The number of piperidine rings is 1. The fourth-order valence-corrected chi connectivity index (χ4v) is 6.99. The number of imidazole rings is 1. The summed E-state index contributed by atoms with van der Waals surface area (Å²) in [5.74, 6) is -0.847. The number of aryl methyl sites for hydroxylation is 1. The van der Waals surface area contributed by atoms with Crippen molar-refractivity contribution in [1.29, 1.82) is 0 Å². The van der Waals surface area contributed by atoms with Crippen molar-refractivity contribution in [3.05, 3.63) is 86.6 Å². The number of carbonyl (C=O) groups is 2. The molecule has 4 aromatic rings. The molecule has 0 aliphatic carbocycles. The largest absolute Gasteiger partial charge is 0.480 e. The highest BCUT2D eigenvalue weighted by Gasteiger charge is 2.41. The van der Waals surface area contributed by atoms with Gasteiger partial charge in [-0.3, -0.25) is 0 Å². The first-order valence-electron chi connectivity index (χ1n) is 14.1. The van der Waals surface area contributed by atoms with Crippen molar-refractivity contribution in [2.75, 3.05) is 30.7 Å². The molecule has 3 aromatic carbocycles. The number of anilines is 2. The van der Waals surface area contributed by atoms with Crippen LogP contribution < -0.4 is 22.1 Å². The molecule has 0 unspecified atom stereocenters. The third-order valence-electron chi connectivity index (χ3n) is 8.08. The molecule has 43 heavy (non-hydrogen) atoms. The van der Waals surface area contributed by atoms with Gasteiger partial charge in [0.25, 0.3) is 0 Å². The summed E-state index contributed by atoms with van der Waals surface area (Å²) >= 11 is 6.75. The second-order valence-electron chi connectivity index (χ2n) is 10.9. The van der Waals surface area contributed by atoms with Gasteiger partial charge in [0.1, 0.15) is 5.82 Å². The molecule has 2 amide bonds. The Balaban J connectivity index is 0.000000180. The maximum atomic E-state index is 12.3. The lowest BCUT2D eigenvalue weighted by molar-refractivity contribution is -0.144. The van der Waals surface area contributed by atoms with E-state index in [1.807, 2.05) is 47.4 Å². The van der Waals surface area contributed by atoms with E-state index in [-0.39, 0.29) is 12.5 Å². The lowest BCUT2D eigenvalue weighted by Crippen LogP contribution is -2.48. The average Bonchev–Trinajstić information content (AvgIpc) is 3.24. The quantitative estimate of drug-likeness (QED) is 0.183. The van der Waals surface area contributed by atoms with Crippen LogP contribution in [-0.4, -0.2) is 57.2 Å². The fourth-order valence-electron chi connectivity index (χ4n) is 5.71. The third-order valence-corrected chi connectivity index (χ3v) is 9.39. The van der Waals surface area contributed by atoms with Crippen LogP contribution in [0.3, 0.4) is 0 Å². The van der Waals surface area contributed by atoms with Crippen LogP contribution in [0.1, 0.15) is 29.8 Å². The molecule has 0 radical (unpaired) electrons. The summed E-state index contributed by atoms with van der Waals surface area (Å²) in [5, 5.41) is 16.2. The number of para-hydroxylation sites is 3. The molecular formula is C31H35Br2N7O3. The zero-order valence-electron chi connectivity index (χ0n) is 23.8. The second kappa shape index (κ2) is 13.0. The number of urea groups is 1. The molecule has 6 rings (SSSR count). The van der Waals surface area contributed by atoms with Crippen LogP contribution in [0.2, 0.25) is 0 Å². The van der Waals surface area contributed by atoms with Crippen molar-refractivity contribution in [1.82, 2.24) is 19.8 Å². The molecule has 1 aromatic heterocycles. The fraction of sp³-hybridized carbons (Fsp3) is 0.323. The van der Waals surface area contributed by atoms with E-state index in [1.54, 1.807) is 23.7 Å². The van der Waals surface area contributed by atoms with Crippen molar-refractivity contribution in [3.8, 4) is 0 Å². The second-order valence-corrected chi connectivity index (χ2v) is 12.6. The minimum Gasteiger partial charge on any atom is -0.480 e. The van der Waals surface area contributed by atoms with Gasteiger partial charge in [-0.25, -0.2) is 14.6 Å². The van der Waals surface area contributed by atoms with Crippen molar-refractivity contribution in [2.45, 2.75) is 37.3 Å². The van der Waals surface area contributed by atoms with Crippen molar-refractivity contribution >= 4 is 66.3 Å². The number of carbonyl (C=O) groups excluding carboxylic acids is 1. The maximum absolute atomic E-state index is 12.3. The number of amides is 2. The van der Waals surface area contributed by atoms with E-state index in [4.69, 9.17) is 11.5 Å². The van der Waals surface area contributed by atoms with Gasteiger partial charge in [-0.2, -0.15) is 0 Å². The average molecular weight is 713 g/mol. The van der Waals surface area contributed by atoms with Gasteiger partial charge >= 0.3 is 12.0 Å². The molecule has 1 fully saturated rings. The summed E-state index contributed by atoms with van der Waals surface area (Å²) in [6, 6.07) is 19.5. The molecule has 10 nitrogen and oxygen atoms in total. The molecule has 1 atom stereocenters. The number of rotatable bonds is 5. The monoisotopic (exact) mass is 711 g/mol. The van der Waals surface area contributed by atoms with Crippen LogP contribution in [0.4, 0.5) is 16.2 Å². The first kappa shape index (κ1) is 31.0. The SMILES string of the molecule is Cn1c([C@](N)(Cc2cc(Br)c(N)c(Br)c2)C(=O)O)nc2ccccc21.O=C1Nc2ccccc2CCN1C1CCNCC1. The minimum atomic E-state index is -1.68. The van der Waals surface area contributed by atoms with E-state index >= 15 is 0 Å². The number of carboxylic acid groups (broad SMARTS) is 1. The lowest BCUT2D eigenvalue weighted by Gasteiger charge is -2.33. The molecule has 3 heterocycles. The van der Waals surface area contributed by atoms with Crippen LogP contribution in [0.5, 0.6) is 0 Å². The zero-order valence-corrected chi connectivity index (χ0v) is 27.0. The highest BCUT2D eigenvalue weighted by atomic mass is 79.9. The predicted molar refractivity (Wildman–Crippen MR) is 176 cm³/mol. The van der Waals surface area contributed by atoms with Crippen LogP contribution in [0.15, 0.2) is 69.6 Å². The van der Waals surface area contributed by atoms with Gasteiger partial charge in [0.2, 0.25) is 0 Å². The van der Waals surface area contributed by atoms with Crippen molar-refractivity contribution in [3.63, 3.8) is 0 Å². The van der Waals surface area contributed by atoms with Crippen LogP contribution in [0.25, 0.3) is 11.0 Å². The molecule has 226 valence electrons. The van der Waals surface area contributed by atoms with E-state index in [0.29, 0.717) is 32.0 Å². The van der Waals surface area contributed by atoms with Gasteiger partial charge in [-0.05, 0) is 106 Å². The Hall–Kier alpha value is -3.45. The number of fused-ring (bicyclic) bond motifs is 2. The molecule has 0 bridgehead atoms. The van der Waals surface area contributed by atoms with Crippen LogP contribution >= 0.6 is 31.9 Å². The molecule has 1 saturated heterocycles. The number of aliphatic carboxylic acids is 1. The molecule has 12 heteroatoms. The number of hydrogen-bond donors (Lipinski definition) is 5. The summed E-state index contributed by atoms with van der Waals surface area (Å²) < 4.78 is 3.08. The van der Waals surface area contributed by atoms with E-state index in [9.17, 15) is 14.7 Å². The zero-order chi connectivity index (χ0) is 30.7. The van der Waals surface area contributed by atoms with E-state index in [1.165, 1.54) is 5.56 Å². The topological polar surface area (TPSA) is 152 Å². The van der Waals surface area contributed by atoms with Gasteiger partial charge in [0.05, 0.1) is 16.7 Å². The maximum Gasteiger partial charge on any atom is 0.331 e. The first-order chi connectivity index (χ1) is 20.6. The van der Waals surface area contributed by atoms with Gasteiger partial charge in [0.15, 0.2) is 5.54 Å².